The Bertz CT molecular complexity index is 2190. The van der Waals surface area contributed by atoms with Crippen LogP contribution in [0.4, 0.5) is 0 Å². The molecule has 6 heteroatoms. The Labute approximate surface area is 299 Å². The maximum Gasteiger partial charge on any atom is 0.133 e. The number of furan rings is 1. The largest absolute Gasteiger partial charge is 0.464 e. The van der Waals surface area contributed by atoms with Crippen molar-refractivity contribution in [3.63, 3.8) is 0 Å². The average Bonchev–Trinajstić information content (AvgIpc) is 3.88. The molecule has 0 N–H and O–H groups in total. The molecule has 1 radical (unpaired) electrons. The number of para-hydroxylation sites is 3. The summed E-state index contributed by atoms with van der Waals surface area (Å²) in [6, 6.07) is 42.4. The summed E-state index contributed by atoms with van der Waals surface area (Å²) in [4.78, 5) is 9.41. The molecule has 0 amide bonds. The number of benzene rings is 4. The van der Waals surface area contributed by atoms with Crippen LogP contribution in [0.15, 0.2) is 132 Å². The van der Waals surface area contributed by atoms with E-state index in [2.05, 4.69) is 109 Å². The summed E-state index contributed by atoms with van der Waals surface area (Å²) in [5, 5.41) is 4.75. The number of rotatable bonds is 6. The predicted octanol–water partition coefficient (Wildman–Crippen LogP) is 11.8. The van der Waals surface area contributed by atoms with Gasteiger partial charge in [-0.3, -0.25) is 16.3 Å². The van der Waals surface area contributed by atoms with Crippen LogP contribution in [0, 0.1) is 11.4 Å². The first kappa shape index (κ1) is 33.3. The van der Waals surface area contributed by atoms with E-state index in [0.29, 0.717) is 11.8 Å². The Morgan fingerprint density at radius 2 is 1.54 bits per heavy atom. The van der Waals surface area contributed by atoms with Gasteiger partial charge in [-0.2, -0.15) is 0 Å². The Kier molecular flexibility index (Phi) is 10.2. The number of nitrogens with zero attached hydrogens (tertiary/aromatic N) is 3. The normalized spacial score (nSPS) is 11.1. The van der Waals surface area contributed by atoms with Crippen molar-refractivity contribution in [3.05, 3.63) is 150 Å². The molecule has 0 unspecified atom stereocenters. The molecule has 48 heavy (non-hydrogen) atoms. The minimum absolute atomic E-state index is 0. The zero-order chi connectivity index (χ0) is 32.3. The average molecular weight is 822 g/mol. The molecule has 0 spiro atoms. The van der Waals surface area contributed by atoms with E-state index < -0.39 is 0 Å². The molecule has 0 aliphatic carbocycles. The Morgan fingerprint density at radius 3 is 2.23 bits per heavy atom. The van der Waals surface area contributed by atoms with Gasteiger partial charge >= 0.3 is 0 Å². The van der Waals surface area contributed by atoms with Crippen molar-refractivity contribution >= 4 is 32.5 Å². The molecule has 8 rings (SSSR count). The van der Waals surface area contributed by atoms with Gasteiger partial charge in [0.1, 0.15) is 5.76 Å². The van der Waals surface area contributed by atoms with Crippen LogP contribution in [0.5, 0.6) is 0 Å². The molecule has 8 aromatic rings. The molecule has 0 saturated heterocycles. The van der Waals surface area contributed by atoms with Gasteiger partial charge in [-0.15, -0.1) is 41.3 Å². The number of imidazole rings is 1. The third-order valence-corrected chi connectivity index (χ3v) is 9.20. The monoisotopic (exact) mass is 822 g/mol. The van der Waals surface area contributed by atoms with Crippen LogP contribution in [0.25, 0.3) is 60.8 Å². The molecule has 0 aliphatic rings. The second kappa shape index (κ2) is 14.7. The standard InChI is InChI=1S/C31H27N2OS.C11H8N.Ir/c1-19(2)22-9-7-10-23(20(3)4)30(22)33-27-12-6-5-11-26(27)32-31(33)25-18-35-29-15-14-21(17-24(25)29)28-13-8-16-34-28;1-2-6-10(7-3-1)11-8-4-5-9-12-11;/h5-17,19-20H,1-4H3;1-6,8-9H;/q2*-1;. The molecule has 4 aromatic carbocycles. The smallest absolute Gasteiger partial charge is 0.133 e. The fourth-order valence-electron chi connectivity index (χ4n) is 6.00. The van der Waals surface area contributed by atoms with E-state index in [9.17, 15) is 0 Å². The second-order valence-corrected chi connectivity index (χ2v) is 13.0. The van der Waals surface area contributed by atoms with Gasteiger partial charge in [-0.25, -0.2) is 0 Å². The van der Waals surface area contributed by atoms with Crippen LogP contribution in [0.3, 0.4) is 0 Å². The van der Waals surface area contributed by atoms with Gasteiger partial charge in [-0.1, -0.05) is 104 Å². The Hall–Kier alpha value is -4.61. The van der Waals surface area contributed by atoms with Gasteiger partial charge in [-0.05, 0) is 59.0 Å². The van der Waals surface area contributed by atoms with Gasteiger partial charge in [0.05, 0.1) is 23.1 Å². The molecule has 4 heterocycles. The first-order valence-corrected chi connectivity index (χ1v) is 16.8. The van der Waals surface area contributed by atoms with Gasteiger partial charge in [0.15, 0.2) is 0 Å². The molecule has 4 nitrogen and oxygen atoms in total. The fourth-order valence-corrected chi connectivity index (χ4v) is 6.82. The zero-order valence-electron chi connectivity index (χ0n) is 27.3. The molecule has 0 aliphatic heterocycles. The molecule has 0 saturated carbocycles. The minimum Gasteiger partial charge on any atom is -0.464 e. The maximum absolute atomic E-state index is 5.69. The molecular formula is C42H35IrN3OS-2. The molecule has 0 bridgehead atoms. The maximum atomic E-state index is 5.69. The van der Waals surface area contributed by atoms with Crippen molar-refractivity contribution in [3.8, 4) is 39.7 Å². The van der Waals surface area contributed by atoms with E-state index in [-0.39, 0.29) is 20.1 Å². The van der Waals surface area contributed by atoms with Gasteiger partial charge in [0, 0.05) is 37.6 Å². The first-order chi connectivity index (χ1) is 23.0. The fraction of sp³-hybridized carbons (Fsp3) is 0.143. The van der Waals surface area contributed by atoms with E-state index in [4.69, 9.17) is 9.40 Å². The summed E-state index contributed by atoms with van der Waals surface area (Å²) < 4.78 is 9.25. The van der Waals surface area contributed by atoms with Crippen LogP contribution >= 0.6 is 11.3 Å². The number of hydrogen-bond acceptors (Lipinski definition) is 4. The SMILES string of the molecule is CC(C)c1cccc(C(C)C)c1-n1c(-c2[c-]sc3ccc(-c4ccco4)cc23)nc2ccccc21.[Ir].[c-]1ccccc1-c1ccccn1. The third kappa shape index (κ3) is 6.57. The predicted molar refractivity (Wildman–Crippen MR) is 195 cm³/mol. The van der Waals surface area contributed by atoms with Gasteiger partial charge in [0.2, 0.25) is 0 Å². The molecule has 4 aromatic heterocycles. The van der Waals surface area contributed by atoms with Crippen molar-refractivity contribution < 1.29 is 24.5 Å². The van der Waals surface area contributed by atoms with Crippen LogP contribution in [0.1, 0.15) is 50.7 Å². The zero-order valence-corrected chi connectivity index (χ0v) is 30.5. The molecule has 0 atom stereocenters. The quantitative estimate of drug-likeness (QED) is 0.157. The summed E-state index contributed by atoms with van der Waals surface area (Å²) in [7, 11) is 0. The van der Waals surface area contributed by atoms with Crippen LogP contribution in [-0.4, -0.2) is 14.5 Å². The van der Waals surface area contributed by atoms with Crippen LogP contribution in [0.2, 0.25) is 0 Å². The number of thiophene rings is 1. The van der Waals surface area contributed by atoms with E-state index in [0.717, 1.165) is 50.4 Å². The van der Waals surface area contributed by atoms with Crippen LogP contribution < -0.4 is 0 Å². The van der Waals surface area contributed by atoms with Gasteiger partial charge < -0.3 is 14.0 Å². The summed E-state index contributed by atoms with van der Waals surface area (Å²) in [5.41, 5.74) is 10.1. The van der Waals surface area contributed by atoms with Crippen molar-refractivity contribution in [2.24, 2.45) is 0 Å². The third-order valence-electron chi connectivity index (χ3n) is 8.32. The summed E-state index contributed by atoms with van der Waals surface area (Å²) in [5.74, 6) is 2.56. The van der Waals surface area contributed by atoms with E-state index >= 15 is 0 Å². The Morgan fingerprint density at radius 1 is 0.771 bits per heavy atom. The minimum atomic E-state index is 0. The first-order valence-electron chi connectivity index (χ1n) is 16.0. The van der Waals surface area contributed by atoms with Crippen molar-refractivity contribution in [2.75, 3.05) is 0 Å². The topological polar surface area (TPSA) is 43.9 Å². The number of pyridine rings is 1. The molecular weight excluding hydrogens is 787 g/mol. The van der Waals surface area contributed by atoms with E-state index in [1.165, 1.54) is 21.5 Å². The summed E-state index contributed by atoms with van der Waals surface area (Å²) in [6.45, 7) is 9.07. The number of hydrogen-bond donors (Lipinski definition) is 0. The van der Waals surface area contributed by atoms with Crippen LogP contribution in [-0.2, 0) is 20.1 Å². The molecule has 0 fully saturated rings. The molecule has 241 valence electrons. The van der Waals surface area contributed by atoms with Crippen molar-refractivity contribution in [2.45, 2.75) is 39.5 Å². The van der Waals surface area contributed by atoms with E-state index in [1.54, 1.807) is 23.8 Å². The van der Waals surface area contributed by atoms with E-state index in [1.807, 2.05) is 54.6 Å². The number of fused-ring (bicyclic) bond motifs is 2. The number of aromatic nitrogens is 3. The van der Waals surface area contributed by atoms with Gasteiger partial charge in [0.25, 0.3) is 0 Å². The Balaban J connectivity index is 0.000000260. The van der Waals surface area contributed by atoms with Crippen molar-refractivity contribution in [1.82, 2.24) is 14.5 Å². The summed E-state index contributed by atoms with van der Waals surface area (Å²) >= 11 is 1.64. The second-order valence-electron chi connectivity index (χ2n) is 12.1. The van der Waals surface area contributed by atoms with Crippen molar-refractivity contribution in [1.29, 1.82) is 0 Å². The summed E-state index contributed by atoms with van der Waals surface area (Å²) in [6.07, 6.45) is 3.51.